The van der Waals surface area contributed by atoms with Crippen LogP contribution in [0.4, 0.5) is 11.4 Å². The molecule has 0 atom stereocenters. The van der Waals surface area contributed by atoms with Gasteiger partial charge in [0.05, 0.1) is 11.1 Å². The van der Waals surface area contributed by atoms with Crippen molar-refractivity contribution in [2.45, 2.75) is 34.1 Å². The second-order valence-corrected chi connectivity index (χ2v) is 8.16. The number of hydrogen-bond donors (Lipinski definition) is 1. The van der Waals surface area contributed by atoms with Crippen molar-refractivity contribution in [1.82, 2.24) is 4.98 Å². The van der Waals surface area contributed by atoms with Gasteiger partial charge in [0.15, 0.2) is 0 Å². The first-order valence-corrected chi connectivity index (χ1v) is 9.59. The molecule has 1 aromatic carbocycles. The monoisotopic (exact) mass is 381 g/mol. The van der Waals surface area contributed by atoms with E-state index in [2.05, 4.69) is 24.1 Å². The number of nitrogens with one attached hydrogen (secondary N) is 1. The predicted molar refractivity (Wildman–Crippen MR) is 110 cm³/mol. The molecule has 1 aliphatic rings. The number of amides is 2. The zero-order chi connectivity index (χ0) is 20.3. The molecule has 148 valence electrons. The molecule has 2 heterocycles. The van der Waals surface area contributed by atoms with E-state index in [0.717, 1.165) is 12.1 Å². The fourth-order valence-corrected chi connectivity index (χ4v) is 3.03. The molecule has 1 aromatic heterocycles. The van der Waals surface area contributed by atoms with Crippen molar-refractivity contribution in [2.24, 2.45) is 11.3 Å². The number of nitrogens with zero attached hydrogens (tertiary/aromatic N) is 2. The molecule has 2 aromatic rings. The summed E-state index contributed by atoms with van der Waals surface area (Å²) in [6, 6.07) is 10.6. The van der Waals surface area contributed by atoms with Gasteiger partial charge in [0.1, 0.15) is 18.1 Å². The Bertz CT molecular complexity index is 863. The van der Waals surface area contributed by atoms with Crippen LogP contribution in [0.1, 0.15) is 44.6 Å². The Morgan fingerprint density at radius 3 is 2.75 bits per heavy atom. The topological polar surface area (TPSA) is 71.5 Å². The highest BCUT2D eigenvalue weighted by Crippen LogP contribution is 2.38. The number of carbonyl (C=O) groups excluding carboxylic acids is 2. The standard InChI is InChI=1S/C22H27N3O3/c1-15(2)10-12-25-18-9-8-16(24-20(26)17-7-5-6-11-23-17)13-19(18)28-14-22(3,4)21(25)27/h5-9,11,13,15H,10,12,14H2,1-4H3,(H,24,26). The minimum Gasteiger partial charge on any atom is -0.490 e. The van der Waals surface area contributed by atoms with Crippen LogP contribution >= 0.6 is 0 Å². The molecular formula is C22H27N3O3. The number of anilines is 2. The number of rotatable bonds is 5. The molecule has 1 N–H and O–H groups in total. The first-order chi connectivity index (χ1) is 13.3. The molecule has 0 radical (unpaired) electrons. The minimum atomic E-state index is -0.618. The van der Waals surface area contributed by atoms with Gasteiger partial charge in [-0.25, -0.2) is 0 Å². The Kier molecular flexibility index (Phi) is 5.68. The van der Waals surface area contributed by atoms with E-state index in [1.807, 2.05) is 24.8 Å². The van der Waals surface area contributed by atoms with Crippen LogP contribution in [0.3, 0.4) is 0 Å². The zero-order valence-electron chi connectivity index (χ0n) is 16.9. The molecule has 6 heteroatoms. The largest absolute Gasteiger partial charge is 0.490 e. The van der Waals surface area contributed by atoms with Crippen LogP contribution in [-0.4, -0.2) is 29.9 Å². The maximum absolute atomic E-state index is 13.1. The van der Waals surface area contributed by atoms with E-state index in [-0.39, 0.29) is 18.4 Å². The van der Waals surface area contributed by atoms with Gasteiger partial charge >= 0.3 is 0 Å². The SMILES string of the molecule is CC(C)CCN1C(=O)C(C)(C)COc2cc(NC(=O)c3ccccn3)ccc21. The molecule has 28 heavy (non-hydrogen) atoms. The lowest BCUT2D eigenvalue weighted by atomic mass is 9.92. The first kappa shape index (κ1) is 19.9. The summed E-state index contributed by atoms with van der Waals surface area (Å²) in [5.41, 5.74) is 1.07. The lowest BCUT2D eigenvalue weighted by molar-refractivity contribution is -0.127. The third kappa shape index (κ3) is 4.32. The normalized spacial score (nSPS) is 15.6. The van der Waals surface area contributed by atoms with Gasteiger partial charge in [-0.15, -0.1) is 0 Å². The lowest BCUT2D eigenvalue weighted by Gasteiger charge is -2.28. The molecule has 0 bridgehead atoms. The highest BCUT2D eigenvalue weighted by atomic mass is 16.5. The van der Waals surface area contributed by atoms with E-state index >= 15 is 0 Å². The summed E-state index contributed by atoms with van der Waals surface area (Å²) in [6.07, 6.45) is 2.48. The van der Waals surface area contributed by atoms with Gasteiger partial charge in [-0.05, 0) is 50.5 Å². The van der Waals surface area contributed by atoms with Crippen LogP contribution in [0.2, 0.25) is 0 Å². The molecule has 0 fully saturated rings. The van der Waals surface area contributed by atoms with E-state index < -0.39 is 5.41 Å². The molecule has 1 aliphatic heterocycles. The van der Waals surface area contributed by atoms with E-state index in [9.17, 15) is 9.59 Å². The minimum absolute atomic E-state index is 0.0529. The smallest absolute Gasteiger partial charge is 0.274 e. The molecule has 0 aliphatic carbocycles. The van der Waals surface area contributed by atoms with Gasteiger partial charge < -0.3 is 15.0 Å². The van der Waals surface area contributed by atoms with Crippen LogP contribution in [0.25, 0.3) is 0 Å². The quantitative estimate of drug-likeness (QED) is 0.845. The van der Waals surface area contributed by atoms with Crippen LogP contribution in [0, 0.1) is 11.3 Å². The second kappa shape index (κ2) is 8.00. The van der Waals surface area contributed by atoms with Gasteiger partial charge in [0, 0.05) is 24.5 Å². The van der Waals surface area contributed by atoms with Crippen molar-refractivity contribution >= 4 is 23.2 Å². The molecule has 2 amide bonds. The Morgan fingerprint density at radius 1 is 1.29 bits per heavy atom. The molecular weight excluding hydrogens is 354 g/mol. The maximum Gasteiger partial charge on any atom is 0.274 e. The fraction of sp³-hybridized carbons (Fsp3) is 0.409. The van der Waals surface area contributed by atoms with Crippen molar-refractivity contribution in [3.8, 4) is 5.75 Å². The maximum atomic E-state index is 13.1. The van der Waals surface area contributed by atoms with Crippen LogP contribution in [-0.2, 0) is 4.79 Å². The second-order valence-electron chi connectivity index (χ2n) is 8.16. The number of pyridine rings is 1. The number of carbonyl (C=O) groups is 2. The van der Waals surface area contributed by atoms with Gasteiger partial charge in [0.25, 0.3) is 5.91 Å². The molecule has 0 spiro atoms. The summed E-state index contributed by atoms with van der Waals surface area (Å²) in [5.74, 6) is 0.849. The third-order valence-electron chi connectivity index (χ3n) is 4.75. The van der Waals surface area contributed by atoms with Gasteiger partial charge in [0.2, 0.25) is 5.91 Å². The van der Waals surface area contributed by atoms with Crippen LogP contribution < -0.4 is 15.0 Å². The Morgan fingerprint density at radius 2 is 2.07 bits per heavy atom. The highest BCUT2D eigenvalue weighted by molar-refractivity contribution is 6.04. The van der Waals surface area contributed by atoms with Crippen molar-refractivity contribution in [1.29, 1.82) is 0 Å². The Balaban J connectivity index is 1.88. The van der Waals surface area contributed by atoms with Gasteiger partial charge in [-0.2, -0.15) is 0 Å². The summed E-state index contributed by atoms with van der Waals surface area (Å²) in [7, 11) is 0. The summed E-state index contributed by atoms with van der Waals surface area (Å²) < 4.78 is 5.97. The number of aromatic nitrogens is 1. The molecule has 0 saturated heterocycles. The average Bonchev–Trinajstić information content (AvgIpc) is 2.76. The van der Waals surface area contributed by atoms with Crippen molar-refractivity contribution in [2.75, 3.05) is 23.4 Å². The highest BCUT2D eigenvalue weighted by Gasteiger charge is 2.37. The van der Waals surface area contributed by atoms with Crippen LogP contribution in [0.15, 0.2) is 42.6 Å². The van der Waals surface area contributed by atoms with Gasteiger partial charge in [-0.1, -0.05) is 19.9 Å². The lowest BCUT2D eigenvalue weighted by Crippen LogP contribution is -2.42. The van der Waals surface area contributed by atoms with Crippen molar-refractivity contribution in [3.05, 3.63) is 48.3 Å². The van der Waals surface area contributed by atoms with Crippen molar-refractivity contribution in [3.63, 3.8) is 0 Å². The number of benzene rings is 1. The van der Waals surface area contributed by atoms with E-state index in [1.54, 1.807) is 36.5 Å². The number of ether oxygens (including phenoxy) is 1. The Labute approximate surface area is 165 Å². The van der Waals surface area contributed by atoms with E-state index in [4.69, 9.17) is 4.74 Å². The molecule has 0 unspecified atom stereocenters. The molecule has 0 saturated carbocycles. The molecule has 3 rings (SSSR count). The summed E-state index contributed by atoms with van der Waals surface area (Å²) in [4.78, 5) is 31.3. The summed E-state index contributed by atoms with van der Waals surface area (Å²) in [6.45, 7) is 8.99. The Hall–Kier alpha value is -2.89. The zero-order valence-corrected chi connectivity index (χ0v) is 16.9. The van der Waals surface area contributed by atoms with Crippen molar-refractivity contribution < 1.29 is 14.3 Å². The first-order valence-electron chi connectivity index (χ1n) is 9.59. The predicted octanol–water partition coefficient (Wildman–Crippen LogP) is 4.13. The number of fused-ring (bicyclic) bond motifs is 1. The van der Waals surface area contributed by atoms with Crippen LogP contribution in [0.5, 0.6) is 5.75 Å². The summed E-state index contributed by atoms with van der Waals surface area (Å²) in [5, 5.41) is 2.84. The molecule has 6 nitrogen and oxygen atoms in total. The van der Waals surface area contributed by atoms with E-state index in [1.165, 1.54) is 0 Å². The third-order valence-corrected chi connectivity index (χ3v) is 4.75. The fourth-order valence-electron chi connectivity index (χ4n) is 3.03. The van der Waals surface area contributed by atoms with Gasteiger partial charge in [-0.3, -0.25) is 14.6 Å². The number of hydrogen-bond acceptors (Lipinski definition) is 4. The van der Waals surface area contributed by atoms with E-state index in [0.29, 0.717) is 29.6 Å². The summed E-state index contributed by atoms with van der Waals surface area (Å²) >= 11 is 0. The average molecular weight is 381 g/mol.